The number of rotatable bonds is 5. The van der Waals surface area contributed by atoms with Gasteiger partial charge >= 0.3 is 0 Å². The van der Waals surface area contributed by atoms with Crippen molar-refractivity contribution in [1.82, 2.24) is 4.72 Å². The van der Waals surface area contributed by atoms with E-state index in [1.165, 1.54) is 12.1 Å². The summed E-state index contributed by atoms with van der Waals surface area (Å²) in [6, 6.07) is 2.91. The van der Waals surface area contributed by atoms with E-state index in [2.05, 4.69) is 27.6 Å². The standard InChI is InChI=1S/C13H18BrClN2O2S2/c1-2-20-11-5-3-4-10(11)17-21(18,19)12-7-8(15)6-9(16)13(12)14/h6-7,10-11,17H,2-5,16H2,1H3. The van der Waals surface area contributed by atoms with Gasteiger partial charge in [0.1, 0.15) is 0 Å². The third-order valence-electron chi connectivity index (χ3n) is 3.46. The minimum Gasteiger partial charge on any atom is -0.398 e. The predicted octanol–water partition coefficient (Wildman–Crippen LogP) is 3.64. The molecule has 1 aliphatic rings. The lowest BCUT2D eigenvalue weighted by Gasteiger charge is -2.20. The summed E-state index contributed by atoms with van der Waals surface area (Å²) < 4.78 is 28.4. The quantitative estimate of drug-likeness (QED) is 0.723. The van der Waals surface area contributed by atoms with Crippen molar-refractivity contribution >= 4 is 55.0 Å². The highest BCUT2D eigenvalue weighted by Crippen LogP contribution is 2.34. The first kappa shape index (κ1) is 17.4. The fraction of sp³-hybridized carbons (Fsp3) is 0.538. The third-order valence-corrected chi connectivity index (χ3v) is 7.67. The van der Waals surface area contributed by atoms with Gasteiger partial charge in [-0.2, -0.15) is 11.8 Å². The van der Waals surface area contributed by atoms with Crippen LogP contribution in [0.3, 0.4) is 0 Å². The summed E-state index contributed by atoms with van der Waals surface area (Å²) in [6.45, 7) is 2.09. The van der Waals surface area contributed by atoms with E-state index in [0.717, 1.165) is 25.0 Å². The summed E-state index contributed by atoms with van der Waals surface area (Å²) in [5.74, 6) is 0.983. The van der Waals surface area contributed by atoms with E-state index in [9.17, 15) is 8.42 Å². The van der Waals surface area contributed by atoms with Gasteiger partial charge in [-0.15, -0.1) is 0 Å². The largest absolute Gasteiger partial charge is 0.398 e. The number of thioether (sulfide) groups is 1. The zero-order chi connectivity index (χ0) is 15.6. The average Bonchev–Trinajstić information content (AvgIpc) is 2.81. The maximum absolute atomic E-state index is 12.6. The summed E-state index contributed by atoms with van der Waals surface area (Å²) in [4.78, 5) is 0.0969. The first-order valence-electron chi connectivity index (χ1n) is 6.73. The van der Waals surface area contributed by atoms with Crippen molar-refractivity contribution in [1.29, 1.82) is 0 Å². The Morgan fingerprint density at radius 2 is 2.19 bits per heavy atom. The van der Waals surface area contributed by atoms with Gasteiger partial charge in [0.25, 0.3) is 0 Å². The summed E-state index contributed by atoms with van der Waals surface area (Å²) in [5.41, 5.74) is 6.09. The molecule has 0 aromatic heterocycles. The van der Waals surface area contributed by atoms with Gasteiger partial charge in [-0.25, -0.2) is 13.1 Å². The van der Waals surface area contributed by atoms with E-state index in [1.54, 1.807) is 11.8 Å². The van der Waals surface area contributed by atoms with Crippen molar-refractivity contribution < 1.29 is 8.42 Å². The molecule has 2 atom stereocenters. The molecule has 0 spiro atoms. The van der Waals surface area contributed by atoms with Crippen molar-refractivity contribution in [3.8, 4) is 0 Å². The molecule has 0 saturated heterocycles. The molecular weight excluding hydrogens is 396 g/mol. The molecule has 0 amide bonds. The van der Waals surface area contributed by atoms with E-state index in [4.69, 9.17) is 17.3 Å². The molecule has 2 rings (SSSR count). The summed E-state index contributed by atoms with van der Waals surface area (Å²) in [7, 11) is -3.65. The van der Waals surface area contributed by atoms with Crippen molar-refractivity contribution in [3.63, 3.8) is 0 Å². The highest BCUT2D eigenvalue weighted by atomic mass is 79.9. The third kappa shape index (κ3) is 4.07. The fourth-order valence-electron chi connectivity index (χ4n) is 2.52. The van der Waals surface area contributed by atoms with Crippen LogP contribution in [0.1, 0.15) is 26.2 Å². The number of hydrogen-bond acceptors (Lipinski definition) is 4. The highest BCUT2D eigenvalue weighted by molar-refractivity contribution is 9.10. The Labute approximate surface area is 143 Å². The normalized spacial score (nSPS) is 22.6. The first-order valence-corrected chi connectivity index (χ1v) is 10.4. The molecule has 1 saturated carbocycles. The Balaban J connectivity index is 2.27. The molecule has 1 aromatic rings. The summed E-state index contributed by atoms with van der Waals surface area (Å²) in [6.07, 6.45) is 2.96. The molecule has 21 heavy (non-hydrogen) atoms. The van der Waals surface area contributed by atoms with Crippen LogP contribution in [0, 0.1) is 0 Å². The Bertz CT molecular complexity index is 625. The number of nitrogen functional groups attached to an aromatic ring is 1. The second kappa shape index (κ2) is 7.08. The Morgan fingerprint density at radius 3 is 2.86 bits per heavy atom. The molecule has 1 aromatic carbocycles. The molecular formula is C13H18BrClN2O2S2. The number of hydrogen-bond donors (Lipinski definition) is 2. The Morgan fingerprint density at radius 1 is 1.48 bits per heavy atom. The van der Waals surface area contributed by atoms with Gasteiger partial charge in [-0.3, -0.25) is 0 Å². The minimum absolute atomic E-state index is 0.0351. The van der Waals surface area contributed by atoms with Crippen molar-refractivity contribution in [2.24, 2.45) is 0 Å². The van der Waals surface area contributed by atoms with Crippen molar-refractivity contribution in [2.75, 3.05) is 11.5 Å². The Hall–Kier alpha value is 0.0500. The second-order valence-electron chi connectivity index (χ2n) is 4.96. The van der Waals surface area contributed by atoms with Gasteiger partial charge in [0.15, 0.2) is 0 Å². The molecule has 8 heteroatoms. The SMILES string of the molecule is CCSC1CCCC1NS(=O)(=O)c1cc(Cl)cc(N)c1Br. The van der Waals surface area contributed by atoms with Crippen LogP contribution in [0.25, 0.3) is 0 Å². The summed E-state index contributed by atoms with van der Waals surface area (Å²) >= 11 is 11.0. The van der Waals surface area contributed by atoms with Gasteiger partial charge in [-0.05, 0) is 46.7 Å². The van der Waals surface area contributed by atoms with Crippen LogP contribution in [0.2, 0.25) is 5.02 Å². The number of halogens is 2. The molecule has 1 aliphatic carbocycles. The number of nitrogens with one attached hydrogen (secondary N) is 1. The lowest BCUT2D eigenvalue weighted by molar-refractivity contribution is 0.554. The number of nitrogens with two attached hydrogens (primary N) is 1. The zero-order valence-electron chi connectivity index (χ0n) is 11.6. The Kier molecular flexibility index (Phi) is 5.87. The highest BCUT2D eigenvalue weighted by Gasteiger charge is 2.32. The van der Waals surface area contributed by atoms with Crippen LogP contribution in [-0.2, 0) is 10.0 Å². The number of sulfonamides is 1. The van der Waals surface area contributed by atoms with Crippen LogP contribution in [-0.4, -0.2) is 25.5 Å². The monoisotopic (exact) mass is 412 g/mol. The van der Waals surface area contributed by atoms with Crippen LogP contribution >= 0.6 is 39.3 Å². The van der Waals surface area contributed by atoms with Crippen LogP contribution < -0.4 is 10.5 Å². The summed E-state index contributed by atoms with van der Waals surface area (Å²) in [5, 5.41) is 0.641. The topological polar surface area (TPSA) is 72.2 Å². The average molecular weight is 414 g/mol. The molecule has 2 unspecified atom stereocenters. The second-order valence-corrected chi connectivity index (χ2v) is 9.39. The van der Waals surface area contributed by atoms with Crippen LogP contribution in [0.15, 0.2) is 21.5 Å². The van der Waals surface area contributed by atoms with E-state index in [0.29, 0.717) is 20.4 Å². The van der Waals surface area contributed by atoms with Gasteiger partial charge in [-0.1, -0.05) is 24.9 Å². The fourth-order valence-corrected chi connectivity index (χ4v) is 6.40. The lowest BCUT2D eigenvalue weighted by Crippen LogP contribution is -2.38. The van der Waals surface area contributed by atoms with E-state index in [1.807, 2.05) is 0 Å². The molecule has 0 heterocycles. The van der Waals surface area contributed by atoms with E-state index in [-0.39, 0.29) is 10.9 Å². The van der Waals surface area contributed by atoms with Crippen molar-refractivity contribution in [3.05, 3.63) is 21.6 Å². The molecule has 1 fully saturated rings. The van der Waals surface area contributed by atoms with Gasteiger partial charge in [0, 0.05) is 22.0 Å². The molecule has 0 aliphatic heterocycles. The molecule has 4 nitrogen and oxygen atoms in total. The lowest BCUT2D eigenvalue weighted by atomic mass is 10.3. The smallest absolute Gasteiger partial charge is 0.242 e. The predicted molar refractivity (Wildman–Crippen MR) is 93.4 cm³/mol. The number of anilines is 1. The van der Waals surface area contributed by atoms with Gasteiger partial charge in [0.2, 0.25) is 10.0 Å². The first-order chi connectivity index (χ1) is 9.85. The van der Waals surface area contributed by atoms with E-state index >= 15 is 0 Å². The van der Waals surface area contributed by atoms with Crippen LogP contribution in [0.4, 0.5) is 5.69 Å². The zero-order valence-corrected chi connectivity index (χ0v) is 15.6. The van der Waals surface area contributed by atoms with Crippen molar-refractivity contribution in [2.45, 2.75) is 42.4 Å². The maximum atomic E-state index is 12.6. The molecule has 0 radical (unpaired) electrons. The maximum Gasteiger partial charge on any atom is 0.242 e. The number of benzene rings is 1. The molecule has 118 valence electrons. The van der Waals surface area contributed by atoms with Crippen LogP contribution in [0.5, 0.6) is 0 Å². The van der Waals surface area contributed by atoms with E-state index < -0.39 is 10.0 Å². The molecule has 0 bridgehead atoms. The minimum atomic E-state index is -3.65. The van der Waals surface area contributed by atoms with Gasteiger partial charge < -0.3 is 5.73 Å². The van der Waals surface area contributed by atoms with Gasteiger partial charge in [0.05, 0.1) is 9.37 Å². The molecule has 3 N–H and O–H groups in total.